The Bertz CT molecular complexity index is 957. The molecule has 0 unspecified atom stereocenters. The summed E-state index contributed by atoms with van der Waals surface area (Å²) in [5, 5.41) is 2.62. The molecular formula is C22H23F3N2O3. The van der Waals surface area contributed by atoms with E-state index in [1.54, 1.807) is 4.90 Å². The second-order valence-electron chi connectivity index (χ2n) is 7.41. The van der Waals surface area contributed by atoms with Crippen LogP contribution in [0.25, 0.3) is 0 Å². The van der Waals surface area contributed by atoms with Gasteiger partial charge in [-0.1, -0.05) is 17.7 Å². The second kappa shape index (κ2) is 9.19. The molecule has 160 valence electrons. The summed E-state index contributed by atoms with van der Waals surface area (Å²) in [4.78, 5) is 26.2. The molecule has 1 heterocycles. The largest absolute Gasteiger partial charge is 0.484 e. The van der Waals surface area contributed by atoms with Crippen LogP contribution in [0.2, 0.25) is 0 Å². The van der Waals surface area contributed by atoms with Crippen LogP contribution >= 0.6 is 0 Å². The Morgan fingerprint density at radius 2 is 1.77 bits per heavy atom. The number of aryl methyl sites for hydroxylation is 2. The normalized spacial score (nSPS) is 14.5. The quantitative estimate of drug-likeness (QED) is 0.753. The van der Waals surface area contributed by atoms with E-state index >= 15 is 0 Å². The van der Waals surface area contributed by atoms with E-state index in [0.29, 0.717) is 37.7 Å². The minimum atomic E-state index is -1.67. The highest BCUT2D eigenvalue weighted by atomic mass is 19.2. The lowest BCUT2D eigenvalue weighted by Crippen LogP contribution is -2.47. The lowest BCUT2D eigenvalue weighted by Gasteiger charge is -2.32. The summed E-state index contributed by atoms with van der Waals surface area (Å²) >= 11 is 0. The lowest BCUT2D eigenvalue weighted by atomic mass is 10.0. The average molecular weight is 420 g/mol. The Balaban J connectivity index is 1.49. The Morgan fingerprint density at radius 1 is 1.07 bits per heavy atom. The Morgan fingerprint density at radius 3 is 2.43 bits per heavy atom. The zero-order valence-electron chi connectivity index (χ0n) is 16.8. The number of halogens is 3. The van der Waals surface area contributed by atoms with E-state index in [0.717, 1.165) is 17.2 Å². The van der Waals surface area contributed by atoms with E-state index in [4.69, 9.17) is 4.74 Å². The maximum Gasteiger partial charge on any atom is 0.260 e. The molecule has 30 heavy (non-hydrogen) atoms. The van der Waals surface area contributed by atoms with Gasteiger partial charge in [-0.15, -0.1) is 0 Å². The molecule has 1 saturated heterocycles. The smallest absolute Gasteiger partial charge is 0.260 e. The van der Waals surface area contributed by atoms with E-state index < -0.39 is 28.9 Å². The van der Waals surface area contributed by atoms with Crippen molar-refractivity contribution in [2.75, 3.05) is 19.7 Å². The number of piperidine rings is 1. The maximum absolute atomic E-state index is 13.8. The van der Waals surface area contributed by atoms with Crippen molar-refractivity contribution in [1.82, 2.24) is 10.2 Å². The standard InChI is InChI=1S/C22H23F3N2O3/c1-13-3-6-18(14(2)11-13)30-12-19(28)27-9-7-15(8-10-27)26-22(29)16-4-5-17(23)21(25)20(16)24/h3-6,11,15H,7-10,12H2,1-2H3,(H,26,29). The van der Waals surface area contributed by atoms with Gasteiger partial charge in [-0.3, -0.25) is 9.59 Å². The maximum atomic E-state index is 13.8. The average Bonchev–Trinajstić information content (AvgIpc) is 2.71. The van der Waals surface area contributed by atoms with Crippen LogP contribution in [-0.4, -0.2) is 42.5 Å². The molecule has 0 atom stereocenters. The minimum absolute atomic E-state index is 0.0823. The van der Waals surface area contributed by atoms with E-state index in [1.165, 1.54) is 0 Å². The molecular weight excluding hydrogens is 397 g/mol. The predicted molar refractivity (Wildman–Crippen MR) is 105 cm³/mol. The van der Waals surface area contributed by atoms with Crippen molar-refractivity contribution >= 4 is 11.8 Å². The van der Waals surface area contributed by atoms with Crippen LogP contribution in [0.3, 0.4) is 0 Å². The molecule has 0 bridgehead atoms. The van der Waals surface area contributed by atoms with Gasteiger partial charge in [-0.25, -0.2) is 13.2 Å². The van der Waals surface area contributed by atoms with Crippen molar-refractivity contribution in [3.63, 3.8) is 0 Å². The number of nitrogens with one attached hydrogen (secondary N) is 1. The molecule has 2 aromatic rings. The molecule has 5 nitrogen and oxygen atoms in total. The summed E-state index contributed by atoms with van der Waals surface area (Å²) in [5.74, 6) is -4.85. The zero-order valence-corrected chi connectivity index (χ0v) is 16.8. The molecule has 0 saturated carbocycles. The highest BCUT2D eigenvalue weighted by Gasteiger charge is 2.26. The first-order valence-corrected chi connectivity index (χ1v) is 9.68. The molecule has 0 aliphatic carbocycles. The van der Waals surface area contributed by atoms with Crippen molar-refractivity contribution in [3.8, 4) is 5.75 Å². The summed E-state index contributed by atoms with van der Waals surface area (Å²) in [6.07, 6.45) is 0.929. The summed E-state index contributed by atoms with van der Waals surface area (Å²) in [6.45, 7) is 4.62. The molecule has 1 aliphatic heterocycles. The van der Waals surface area contributed by atoms with Crippen LogP contribution in [0.15, 0.2) is 30.3 Å². The lowest BCUT2D eigenvalue weighted by molar-refractivity contribution is -0.134. The number of rotatable bonds is 5. The first-order valence-electron chi connectivity index (χ1n) is 9.68. The van der Waals surface area contributed by atoms with Crippen LogP contribution in [0.4, 0.5) is 13.2 Å². The molecule has 1 fully saturated rings. The fourth-order valence-electron chi connectivity index (χ4n) is 3.43. The van der Waals surface area contributed by atoms with Gasteiger partial charge in [0.15, 0.2) is 24.1 Å². The third-order valence-electron chi connectivity index (χ3n) is 5.14. The van der Waals surface area contributed by atoms with E-state index in [9.17, 15) is 22.8 Å². The van der Waals surface area contributed by atoms with E-state index in [-0.39, 0.29) is 18.6 Å². The number of likely N-dealkylation sites (tertiary alicyclic amines) is 1. The van der Waals surface area contributed by atoms with Gasteiger partial charge in [0.1, 0.15) is 5.75 Å². The minimum Gasteiger partial charge on any atom is -0.484 e. The number of amides is 2. The number of nitrogens with zero attached hydrogens (tertiary/aromatic N) is 1. The monoisotopic (exact) mass is 420 g/mol. The SMILES string of the molecule is Cc1ccc(OCC(=O)N2CCC(NC(=O)c3ccc(F)c(F)c3F)CC2)c(C)c1. The van der Waals surface area contributed by atoms with Gasteiger partial charge in [-0.2, -0.15) is 0 Å². The van der Waals surface area contributed by atoms with Crippen molar-refractivity contribution in [2.24, 2.45) is 0 Å². The van der Waals surface area contributed by atoms with Crippen LogP contribution in [0.5, 0.6) is 5.75 Å². The highest BCUT2D eigenvalue weighted by Crippen LogP contribution is 2.20. The van der Waals surface area contributed by atoms with Gasteiger partial charge in [-0.05, 0) is 50.5 Å². The number of hydrogen-bond donors (Lipinski definition) is 1. The Labute approximate surface area is 172 Å². The first kappa shape index (κ1) is 21.7. The van der Waals surface area contributed by atoms with Crippen LogP contribution in [0, 0.1) is 31.3 Å². The predicted octanol–water partition coefficient (Wildman–Crippen LogP) is 3.52. The second-order valence-corrected chi connectivity index (χ2v) is 7.41. The van der Waals surface area contributed by atoms with Gasteiger partial charge in [0.2, 0.25) is 0 Å². The van der Waals surface area contributed by atoms with E-state index in [1.807, 2.05) is 32.0 Å². The number of hydrogen-bond acceptors (Lipinski definition) is 3. The molecule has 3 rings (SSSR count). The van der Waals surface area contributed by atoms with Gasteiger partial charge < -0.3 is 15.0 Å². The van der Waals surface area contributed by atoms with Crippen molar-refractivity contribution < 1.29 is 27.5 Å². The van der Waals surface area contributed by atoms with Gasteiger partial charge in [0, 0.05) is 19.1 Å². The van der Waals surface area contributed by atoms with Gasteiger partial charge in [0.05, 0.1) is 5.56 Å². The third kappa shape index (κ3) is 4.93. The number of carbonyl (C=O) groups is 2. The number of carbonyl (C=O) groups excluding carboxylic acids is 2. The molecule has 0 spiro atoms. The zero-order chi connectivity index (χ0) is 21.8. The van der Waals surface area contributed by atoms with Crippen LogP contribution < -0.4 is 10.1 Å². The van der Waals surface area contributed by atoms with Crippen molar-refractivity contribution in [1.29, 1.82) is 0 Å². The molecule has 2 amide bonds. The molecule has 1 N–H and O–H groups in total. The summed E-state index contributed by atoms with van der Waals surface area (Å²) in [5.41, 5.74) is 1.52. The van der Waals surface area contributed by atoms with Crippen LogP contribution in [-0.2, 0) is 4.79 Å². The van der Waals surface area contributed by atoms with Crippen molar-refractivity contribution in [3.05, 3.63) is 64.5 Å². The molecule has 1 aliphatic rings. The highest BCUT2D eigenvalue weighted by molar-refractivity contribution is 5.94. The Hall–Kier alpha value is -3.03. The molecule has 2 aromatic carbocycles. The Kier molecular flexibility index (Phi) is 6.64. The number of benzene rings is 2. The molecule has 0 aromatic heterocycles. The fourth-order valence-corrected chi connectivity index (χ4v) is 3.43. The fraction of sp³-hybridized carbons (Fsp3) is 0.364. The van der Waals surface area contributed by atoms with Gasteiger partial charge >= 0.3 is 0 Å². The molecule has 8 heteroatoms. The summed E-state index contributed by atoms with van der Waals surface area (Å²) < 4.78 is 45.7. The summed E-state index contributed by atoms with van der Waals surface area (Å²) in [7, 11) is 0. The van der Waals surface area contributed by atoms with Crippen molar-refractivity contribution in [2.45, 2.75) is 32.7 Å². The van der Waals surface area contributed by atoms with E-state index in [2.05, 4.69) is 5.32 Å². The summed E-state index contributed by atoms with van der Waals surface area (Å²) in [6, 6.07) is 7.04. The number of ether oxygens (including phenoxy) is 1. The first-order chi connectivity index (χ1) is 14.3. The topological polar surface area (TPSA) is 58.6 Å². The van der Waals surface area contributed by atoms with Gasteiger partial charge in [0.25, 0.3) is 11.8 Å². The van der Waals surface area contributed by atoms with Crippen LogP contribution in [0.1, 0.15) is 34.3 Å². The molecule has 0 radical (unpaired) electrons. The third-order valence-corrected chi connectivity index (χ3v) is 5.14.